The highest BCUT2D eigenvalue weighted by Crippen LogP contribution is 2.21. The van der Waals surface area contributed by atoms with Crippen LogP contribution >= 0.6 is 0 Å². The van der Waals surface area contributed by atoms with Crippen molar-refractivity contribution in [2.24, 2.45) is 0 Å². The number of benzene rings is 2. The molecular formula is C23H27NO6. The van der Waals surface area contributed by atoms with E-state index in [0.717, 1.165) is 16.9 Å². The third-order valence-corrected chi connectivity index (χ3v) is 4.26. The molecule has 0 aliphatic carbocycles. The normalized spacial score (nSPS) is 10.2. The smallest absolute Gasteiger partial charge is 0.306 e. The summed E-state index contributed by atoms with van der Waals surface area (Å²) in [5, 5.41) is 2.61. The summed E-state index contributed by atoms with van der Waals surface area (Å²) in [5.74, 6) is -0.0638. The fourth-order valence-electron chi connectivity index (χ4n) is 2.72. The molecule has 0 heterocycles. The van der Waals surface area contributed by atoms with Gasteiger partial charge in [0.05, 0.1) is 25.6 Å². The van der Waals surface area contributed by atoms with Crippen LogP contribution in [0.2, 0.25) is 0 Å². The molecule has 0 aliphatic heterocycles. The van der Waals surface area contributed by atoms with Crippen molar-refractivity contribution in [3.63, 3.8) is 0 Å². The first-order valence-corrected chi connectivity index (χ1v) is 9.68. The molecule has 1 amide bonds. The van der Waals surface area contributed by atoms with Gasteiger partial charge < -0.3 is 19.5 Å². The molecule has 0 fully saturated rings. The van der Waals surface area contributed by atoms with Gasteiger partial charge in [0.15, 0.2) is 12.4 Å². The highest BCUT2D eigenvalue weighted by molar-refractivity contribution is 6.00. The Balaban J connectivity index is 1.65. The molecule has 7 heteroatoms. The Kier molecular flexibility index (Phi) is 8.87. The lowest BCUT2D eigenvalue weighted by Crippen LogP contribution is -2.32. The van der Waals surface area contributed by atoms with Crippen LogP contribution in [-0.4, -0.2) is 44.5 Å². The summed E-state index contributed by atoms with van der Waals surface area (Å²) in [6, 6.07) is 12.9. The number of methoxy groups -OCH3 is 1. The Morgan fingerprint density at radius 2 is 1.73 bits per heavy atom. The summed E-state index contributed by atoms with van der Waals surface area (Å²) in [7, 11) is 1.49. The monoisotopic (exact) mass is 413 g/mol. The molecule has 2 rings (SSSR count). The van der Waals surface area contributed by atoms with Crippen LogP contribution < -0.4 is 14.8 Å². The highest BCUT2D eigenvalue weighted by atomic mass is 16.5. The second kappa shape index (κ2) is 11.6. The molecule has 0 unspecified atom stereocenters. The number of hydrogen-bond acceptors (Lipinski definition) is 6. The van der Waals surface area contributed by atoms with E-state index in [1.165, 1.54) is 7.11 Å². The Labute approximate surface area is 176 Å². The summed E-state index contributed by atoms with van der Waals surface area (Å²) in [6.45, 7) is 4.03. The SMILES string of the molecule is COc1ccc(C)cc1C(=O)CCC(=O)OCC(=O)NCCOc1cccc(C)c1. The molecule has 0 radical (unpaired) electrons. The largest absolute Gasteiger partial charge is 0.496 e. The fourth-order valence-corrected chi connectivity index (χ4v) is 2.72. The van der Waals surface area contributed by atoms with E-state index in [2.05, 4.69) is 5.32 Å². The molecule has 0 atom stereocenters. The number of aryl methyl sites for hydroxylation is 2. The van der Waals surface area contributed by atoms with Gasteiger partial charge in [-0.1, -0.05) is 23.8 Å². The van der Waals surface area contributed by atoms with Crippen molar-refractivity contribution in [2.75, 3.05) is 26.9 Å². The van der Waals surface area contributed by atoms with Crippen LogP contribution in [0.4, 0.5) is 0 Å². The van der Waals surface area contributed by atoms with Gasteiger partial charge in [-0.15, -0.1) is 0 Å². The third-order valence-electron chi connectivity index (χ3n) is 4.26. The molecule has 0 bridgehead atoms. The van der Waals surface area contributed by atoms with Gasteiger partial charge in [0.2, 0.25) is 0 Å². The fraction of sp³-hybridized carbons (Fsp3) is 0.348. The maximum atomic E-state index is 12.4. The number of ketones is 1. The Hall–Kier alpha value is -3.35. The Morgan fingerprint density at radius 3 is 2.47 bits per heavy atom. The standard InChI is InChI=1S/C23H27NO6/c1-16-5-4-6-18(13-16)29-12-11-24-22(26)15-30-23(27)10-8-20(25)19-14-17(2)7-9-21(19)28-3/h4-7,9,13-14H,8,10-12,15H2,1-3H3,(H,24,26). The average Bonchev–Trinajstić information content (AvgIpc) is 2.73. The average molecular weight is 413 g/mol. The topological polar surface area (TPSA) is 90.9 Å². The number of carbonyl (C=O) groups is 3. The van der Waals surface area contributed by atoms with E-state index in [-0.39, 0.29) is 25.2 Å². The second-order valence-corrected chi connectivity index (χ2v) is 6.80. The van der Waals surface area contributed by atoms with Gasteiger partial charge in [-0.05, 0) is 43.7 Å². The first-order valence-electron chi connectivity index (χ1n) is 9.68. The van der Waals surface area contributed by atoms with Gasteiger partial charge >= 0.3 is 5.97 Å². The summed E-state index contributed by atoms with van der Waals surface area (Å²) in [6.07, 6.45) is -0.135. The van der Waals surface area contributed by atoms with Gasteiger partial charge in [-0.3, -0.25) is 14.4 Å². The van der Waals surface area contributed by atoms with Crippen molar-refractivity contribution >= 4 is 17.7 Å². The van der Waals surface area contributed by atoms with Gasteiger partial charge in [-0.25, -0.2) is 0 Å². The van der Waals surface area contributed by atoms with Crippen LogP contribution in [0.15, 0.2) is 42.5 Å². The summed E-state index contributed by atoms with van der Waals surface area (Å²) in [5.41, 5.74) is 2.43. The molecule has 2 aromatic rings. The van der Waals surface area contributed by atoms with Gasteiger partial charge in [0.1, 0.15) is 18.1 Å². The quantitative estimate of drug-likeness (QED) is 0.346. The molecule has 1 N–H and O–H groups in total. The number of carbonyl (C=O) groups excluding carboxylic acids is 3. The summed E-state index contributed by atoms with van der Waals surface area (Å²) < 4.78 is 15.6. The number of nitrogens with one attached hydrogen (secondary N) is 1. The molecular weight excluding hydrogens is 386 g/mol. The zero-order valence-electron chi connectivity index (χ0n) is 17.5. The maximum Gasteiger partial charge on any atom is 0.306 e. The van der Waals surface area contributed by atoms with Crippen molar-refractivity contribution in [2.45, 2.75) is 26.7 Å². The third kappa shape index (κ3) is 7.58. The van der Waals surface area contributed by atoms with E-state index < -0.39 is 18.5 Å². The van der Waals surface area contributed by atoms with Crippen molar-refractivity contribution < 1.29 is 28.6 Å². The van der Waals surface area contributed by atoms with Crippen LogP contribution in [0.3, 0.4) is 0 Å². The maximum absolute atomic E-state index is 12.4. The number of esters is 1. The second-order valence-electron chi connectivity index (χ2n) is 6.80. The first-order chi connectivity index (χ1) is 14.4. The van der Waals surface area contributed by atoms with E-state index in [9.17, 15) is 14.4 Å². The van der Waals surface area contributed by atoms with E-state index >= 15 is 0 Å². The van der Waals surface area contributed by atoms with Gasteiger partial charge in [0, 0.05) is 6.42 Å². The van der Waals surface area contributed by atoms with Gasteiger partial charge in [-0.2, -0.15) is 0 Å². The minimum absolute atomic E-state index is 0.0232. The zero-order chi connectivity index (χ0) is 21.9. The lowest BCUT2D eigenvalue weighted by molar-refractivity contribution is -0.148. The predicted octanol–water partition coefficient (Wildman–Crippen LogP) is 3.01. The predicted molar refractivity (Wildman–Crippen MR) is 112 cm³/mol. The van der Waals surface area contributed by atoms with Crippen LogP contribution in [0.1, 0.15) is 34.3 Å². The van der Waals surface area contributed by atoms with Crippen LogP contribution in [0.25, 0.3) is 0 Å². The van der Waals surface area contributed by atoms with E-state index in [1.807, 2.05) is 44.2 Å². The van der Waals surface area contributed by atoms with Crippen molar-refractivity contribution in [3.8, 4) is 11.5 Å². The lowest BCUT2D eigenvalue weighted by Gasteiger charge is -2.09. The van der Waals surface area contributed by atoms with Crippen LogP contribution in [-0.2, 0) is 14.3 Å². The molecule has 0 saturated heterocycles. The molecule has 0 aliphatic rings. The molecule has 0 aromatic heterocycles. The minimum atomic E-state index is -0.610. The summed E-state index contributed by atoms with van der Waals surface area (Å²) in [4.78, 5) is 36.0. The molecule has 7 nitrogen and oxygen atoms in total. The molecule has 30 heavy (non-hydrogen) atoms. The molecule has 0 saturated carbocycles. The number of ether oxygens (including phenoxy) is 3. The minimum Gasteiger partial charge on any atom is -0.496 e. The number of rotatable bonds is 11. The highest BCUT2D eigenvalue weighted by Gasteiger charge is 2.15. The number of hydrogen-bond donors (Lipinski definition) is 1. The summed E-state index contributed by atoms with van der Waals surface area (Å²) >= 11 is 0. The molecule has 160 valence electrons. The van der Waals surface area contributed by atoms with E-state index in [1.54, 1.807) is 12.1 Å². The van der Waals surface area contributed by atoms with Crippen LogP contribution in [0.5, 0.6) is 11.5 Å². The van der Waals surface area contributed by atoms with E-state index in [4.69, 9.17) is 14.2 Å². The number of Topliss-reactive ketones (excluding diaryl/α,β-unsaturated/α-hetero) is 1. The van der Waals surface area contributed by atoms with E-state index in [0.29, 0.717) is 17.9 Å². The van der Waals surface area contributed by atoms with Crippen molar-refractivity contribution in [1.82, 2.24) is 5.32 Å². The van der Waals surface area contributed by atoms with Crippen LogP contribution in [0, 0.1) is 13.8 Å². The molecule has 0 spiro atoms. The van der Waals surface area contributed by atoms with Crippen molar-refractivity contribution in [1.29, 1.82) is 0 Å². The van der Waals surface area contributed by atoms with Gasteiger partial charge in [0.25, 0.3) is 5.91 Å². The number of amides is 1. The lowest BCUT2D eigenvalue weighted by atomic mass is 10.0. The molecule has 2 aromatic carbocycles. The Morgan fingerprint density at radius 1 is 0.967 bits per heavy atom. The Bertz CT molecular complexity index is 893. The first kappa shape index (κ1) is 22.9. The van der Waals surface area contributed by atoms with Crippen molar-refractivity contribution in [3.05, 3.63) is 59.2 Å². The zero-order valence-corrected chi connectivity index (χ0v) is 17.5.